The Balaban J connectivity index is 1.42. The minimum absolute atomic E-state index is 0.0596. The molecule has 0 spiro atoms. The molecular formula is C19H25N5O3S2. The molecule has 0 bridgehead atoms. The Morgan fingerprint density at radius 2 is 1.59 bits per heavy atom. The van der Waals surface area contributed by atoms with Crippen LogP contribution in [0.2, 0.25) is 0 Å². The molecule has 4 heterocycles. The second-order valence-corrected chi connectivity index (χ2v) is 10.4. The molecule has 0 N–H and O–H groups in total. The van der Waals surface area contributed by atoms with E-state index in [9.17, 15) is 13.2 Å². The lowest BCUT2D eigenvalue weighted by molar-refractivity contribution is 0.0762. The number of aromatic nitrogens is 2. The highest BCUT2D eigenvalue weighted by Crippen LogP contribution is 2.26. The molecule has 29 heavy (non-hydrogen) atoms. The molecule has 0 saturated carbocycles. The van der Waals surface area contributed by atoms with E-state index in [4.69, 9.17) is 0 Å². The number of anilines is 1. The number of rotatable bonds is 4. The van der Waals surface area contributed by atoms with Crippen LogP contribution in [0.3, 0.4) is 0 Å². The summed E-state index contributed by atoms with van der Waals surface area (Å²) in [6.45, 7) is 3.31. The van der Waals surface area contributed by atoms with Gasteiger partial charge in [0, 0.05) is 57.0 Å². The van der Waals surface area contributed by atoms with Crippen LogP contribution in [-0.4, -0.2) is 72.8 Å². The molecule has 1 amide bonds. The zero-order valence-electron chi connectivity index (χ0n) is 16.2. The van der Waals surface area contributed by atoms with Crippen molar-refractivity contribution < 1.29 is 13.2 Å². The van der Waals surface area contributed by atoms with Crippen LogP contribution in [-0.2, 0) is 10.0 Å². The van der Waals surface area contributed by atoms with Gasteiger partial charge in [0.05, 0.1) is 5.56 Å². The molecule has 2 saturated heterocycles. The summed E-state index contributed by atoms with van der Waals surface area (Å²) >= 11 is 1.13. The van der Waals surface area contributed by atoms with Crippen LogP contribution in [0.4, 0.5) is 5.95 Å². The fourth-order valence-electron chi connectivity index (χ4n) is 3.73. The van der Waals surface area contributed by atoms with Crippen LogP contribution in [0.1, 0.15) is 36.0 Å². The summed E-state index contributed by atoms with van der Waals surface area (Å²) in [5.41, 5.74) is 0.479. The number of hydrogen-bond donors (Lipinski definition) is 0. The van der Waals surface area contributed by atoms with Crippen molar-refractivity contribution in [2.45, 2.75) is 29.9 Å². The zero-order chi connectivity index (χ0) is 20.3. The van der Waals surface area contributed by atoms with Gasteiger partial charge < -0.3 is 9.80 Å². The third-order valence-electron chi connectivity index (χ3n) is 5.38. The summed E-state index contributed by atoms with van der Waals surface area (Å²) in [6, 6.07) is 3.30. The summed E-state index contributed by atoms with van der Waals surface area (Å²) in [5.74, 6) is 0.557. The van der Waals surface area contributed by atoms with E-state index >= 15 is 0 Å². The van der Waals surface area contributed by atoms with Gasteiger partial charge in [0.15, 0.2) is 0 Å². The SMILES string of the molecule is O=C(c1csc(S(=O)(=O)N2CCN(c3ncccn3)CC2)c1)N1CCCCCC1. The van der Waals surface area contributed by atoms with Gasteiger partial charge in [-0.2, -0.15) is 4.31 Å². The predicted octanol–water partition coefficient (Wildman–Crippen LogP) is 2.07. The Morgan fingerprint density at radius 3 is 2.24 bits per heavy atom. The largest absolute Gasteiger partial charge is 0.339 e. The molecule has 2 aromatic heterocycles. The van der Waals surface area contributed by atoms with E-state index in [2.05, 4.69) is 9.97 Å². The van der Waals surface area contributed by atoms with Crippen molar-refractivity contribution >= 4 is 33.2 Å². The number of hydrogen-bond acceptors (Lipinski definition) is 7. The average Bonchev–Trinajstić information content (AvgIpc) is 3.11. The minimum Gasteiger partial charge on any atom is -0.339 e. The van der Waals surface area contributed by atoms with Gasteiger partial charge in [-0.3, -0.25) is 4.79 Å². The molecule has 10 heteroatoms. The molecule has 4 rings (SSSR count). The van der Waals surface area contributed by atoms with E-state index in [0.29, 0.717) is 37.7 Å². The van der Waals surface area contributed by atoms with Crippen LogP contribution >= 0.6 is 11.3 Å². The number of thiophene rings is 1. The molecule has 0 unspecified atom stereocenters. The second-order valence-electron chi connectivity index (χ2n) is 7.30. The summed E-state index contributed by atoms with van der Waals surface area (Å²) in [4.78, 5) is 25.1. The minimum atomic E-state index is -3.60. The maximum atomic E-state index is 13.1. The summed E-state index contributed by atoms with van der Waals surface area (Å²) < 4.78 is 27.8. The molecule has 0 atom stereocenters. The van der Waals surface area contributed by atoms with Crippen molar-refractivity contribution in [3.05, 3.63) is 35.5 Å². The Morgan fingerprint density at radius 1 is 0.931 bits per heavy atom. The Bertz CT molecular complexity index is 932. The van der Waals surface area contributed by atoms with Gasteiger partial charge in [0.25, 0.3) is 15.9 Å². The van der Waals surface area contributed by atoms with Gasteiger partial charge in [0.1, 0.15) is 4.21 Å². The topological polar surface area (TPSA) is 86.7 Å². The van der Waals surface area contributed by atoms with Crippen molar-refractivity contribution in [2.24, 2.45) is 0 Å². The molecule has 8 nitrogen and oxygen atoms in total. The van der Waals surface area contributed by atoms with E-state index in [1.165, 1.54) is 4.31 Å². The van der Waals surface area contributed by atoms with Gasteiger partial charge in [-0.25, -0.2) is 18.4 Å². The number of nitrogens with zero attached hydrogens (tertiary/aromatic N) is 5. The van der Waals surface area contributed by atoms with Crippen LogP contribution in [0.25, 0.3) is 0 Å². The highest BCUT2D eigenvalue weighted by atomic mass is 32.2. The van der Waals surface area contributed by atoms with E-state index < -0.39 is 10.0 Å². The van der Waals surface area contributed by atoms with Gasteiger partial charge in [-0.05, 0) is 25.0 Å². The number of sulfonamides is 1. The Labute approximate surface area is 175 Å². The number of carbonyl (C=O) groups excluding carboxylic acids is 1. The summed E-state index contributed by atoms with van der Waals surface area (Å²) in [6.07, 6.45) is 7.67. The van der Waals surface area contributed by atoms with Crippen LogP contribution in [0.5, 0.6) is 0 Å². The van der Waals surface area contributed by atoms with E-state index in [1.54, 1.807) is 29.9 Å². The first-order chi connectivity index (χ1) is 14.1. The van der Waals surface area contributed by atoms with Crippen molar-refractivity contribution in [2.75, 3.05) is 44.2 Å². The number of piperazine rings is 1. The Hall–Kier alpha value is -2.04. The molecule has 2 aliphatic rings. The van der Waals surface area contributed by atoms with Crippen LogP contribution < -0.4 is 4.90 Å². The molecule has 0 radical (unpaired) electrons. The predicted molar refractivity (Wildman–Crippen MR) is 112 cm³/mol. The summed E-state index contributed by atoms with van der Waals surface area (Å²) in [7, 11) is -3.60. The summed E-state index contributed by atoms with van der Waals surface area (Å²) in [5, 5.41) is 1.67. The fraction of sp³-hybridized carbons (Fsp3) is 0.526. The highest BCUT2D eigenvalue weighted by molar-refractivity contribution is 7.91. The quantitative estimate of drug-likeness (QED) is 0.731. The number of likely N-dealkylation sites (tertiary alicyclic amines) is 1. The lowest BCUT2D eigenvalue weighted by Gasteiger charge is -2.33. The molecule has 2 aromatic rings. The standard InChI is InChI=1S/C19H25N5O3S2/c25-18(22-8-3-1-2-4-9-22)16-14-17(28-15-16)29(26,27)24-12-10-23(11-13-24)19-20-6-5-7-21-19/h5-7,14-15H,1-4,8-13H2. The fourth-order valence-corrected chi connectivity index (χ4v) is 6.46. The number of carbonyl (C=O) groups is 1. The Kier molecular flexibility index (Phi) is 6.12. The molecule has 0 aromatic carbocycles. The molecule has 2 aliphatic heterocycles. The lowest BCUT2D eigenvalue weighted by Crippen LogP contribution is -2.49. The van der Waals surface area contributed by atoms with Gasteiger partial charge in [0.2, 0.25) is 5.95 Å². The average molecular weight is 436 g/mol. The normalized spacial score (nSPS) is 19.2. The van der Waals surface area contributed by atoms with Crippen LogP contribution in [0, 0.1) is 0 Å². The van der Waals surface area contributed by atoms with E-state index in [-0.39, 0.29) is 10.1 Å². The monoisotopic (exact) mass is 435 g/mol. The molecule has 156 valence electrons. The first-order valence-electron chi connectivity index (χ1n) is 9.95. The smallest absolute Gasteiger partial charge is 0.254 e. The van der Waals surface area contributed by atoms with Gasteiger partial charge >= 0.3 is 0 Å². The zero-order valence-corrected chi connectivity index (χ0v) is 17.9. The van der Waals surface area contributed by atoms with E-state index in [1.807, 2.05) is 9.80 Å². The van der Waals surface area contributed by atoms with Crippen molar-refractivity contribution in [3.63, 3.8) is 0 Å². The molecular weight excluding hydrogens is 410 g/mol. The lowest BCUT2D eigenvalue weighted by atomic mass is 10.2. The third-order valence-corrected chi connectivity index (χ3v) is 8.70. The molecule has 2 fully saturated rings. The number of amides is 1. The van der Waals surface area contributed by atoms with Gasteiger partial charge in [-0.15, -0.1) is 11.3 Å². The second kappa shape index (κ2) is 8.76. The third kappa shape index (κ3) is 4.44. The maximum Gasteiger partial charge on any atom is 0.254 e. The van der Waals surface area contributed by atoms with Gasteiger partial charge in [-0.1, -0.05) is 12.8 Å². The van der Waals surface area contributed by atoms with Crippen LogP contribution in [0.15, 0.2) is 34.1 Å². The first-order valence-corrected chi connectivity index (χ1v) is 12.3. The molecule has 0 aliphatic carbocycles. The van der Waals surface area contributed by atoms with E-state index in [0.717, 1.165) is 50.1 Å². The highest BCUT2D eigenvalue weighted by Gasteiger charge is 2.31. The van der Waals surface area contributed by atoms with Crippen molar-refractivity contribution in [1.29, 1.82) is 0 Å². The first kappa shape index (κ1) is 20.2. The maximum absolute atomic E-state index is 13.1. The van der Waals surface area contributed by atoms with Crippen molar-refractivity contribution in [3.8, 4) is 0 Å². The van der Waals surface area contributed by atoms with Crippen molar-refractivity contribution in [1.82, 2.24) is 19.2 Å².